The molecular weight excluding hydrogens is 92.1 g/mol. The Morgan fingerprint density at radius 1 is 1.86 bits per heavy atom. The van der Waals surface area contributed by atoms with E-state index in [-0.39, 0.29) is 0 Å². The van der Waals surface area contributed by atoms with Crippen molar-refractivity contribution in [1.82, 2.24) is 0 Å². The van der Waals surface area contributed by atoms with Gasteiger partial charge in [0.1, 0.15) is 0 Å². The molecule has 0 spiro atoms. The van der Waals surface area contributed by atoms with Crippen LogP contribution in [0.25, 0.3) is 0 Å². The molecule has 7 heavy (non-hydrogen) atoms. The van der Waals surface area contributed by atoms with Crippen molar-refractivity contribution < 1.29 is 9.53 Å². The molecule has 0 aromatic carbocycles. The van der Waals surface area contributed by atoms with Crippen molar-refractivity contribution >= 4 is 6.47 Å². The van der Waals surface area contributed by atoms with E-state index in [4.69, 9.17) is 0 Å². The summed E-state index contributed by atoms with van der Waals surface area (Å²) >= 11 is 0. The molecule has 0 fully saturated rings. The molecule has 0 saturated heterocycles. The van der Waals surface area contributed by atoms with Gasteiger partial charge in [0.15, 0.2) is 0 Å². The summed E-state index contributed by atoms with van der Waals surface area (Å²) in [6.07, 6.45) is 3.92. The highest BCUT2D eigenvalue weighted by molar-refractivity contribution is 5.39. The smallest absolute Gasteiger partial charge is 0.422 e. The third-order valence-electron chi connectivity index (χ3n) is 0.448. The van der Waals surface area contributed by atoms with Crippen molar-refractivity contribution in [3.63, 3.8) is 0 Å². The number of ether oxygens (including phenoxy) is 1. The largest absolute Gasteiger partial charge is 0.426 e. The maximum atomic E-state index is 9.28. The molecule has 0 aliphatic heterocycles. The van der Waals surface area contributed by atoms with E-state index >= 15 is 0 Å². The first-order valence-electron chi connectivity index (χ1n) is 2.09. The van der Waals surface area contributed by atoms with Gasteiger partial charge >= 0.3 is 6.47 Å². The highest BCUT2D eigenvalue weighted by atomic mass is 16.5. The molecule has 0 N–H and O–H groups in total. The molecule has 0 heterocycles. The maximum Gasteiger partial charge on any atom is 0.422 e. The van der Waals surface area contributed by atoms with Gasteiger partial charge in [-0.15, -0.1) is 0 Å². The maximum absolute atomic E-state index is 9.28. The zero-order valence-corrected chi connectivity index (χ0v) is 4.18. The quantitative estimate of drug-likeness (QED) is 0.493. The molecule has 0 saturated carbocycles. The summed E-state index contributed by atoms with van der Waals surface area (Å²) in [6.45, 7) is 3.21. The molecule has 1 radical (unpaired) electrons. The van der Waals surface area contributed by atoms with Gasteiger partial charge in [-0.3, -0.25) is 0 Å². The second-order valence-corrected chi connectivity index (χ2v) is 0.981. The third kappa shape index (κ3) is 5.21. The Hall–Kier alpha value is -0.790. The van der Waals surface area contributed by atoms with E-state index < -0.39 is 0 Å². The van der Waals surface area contributed by atoms with Gasteiger partial charge in [0.05, 0.1) is 6.26 Å². The molecule has 0 aliphatic carbocycles. The first-order valence-corrected chi connectivity index (χ1v) is 2.09. The van der Waals surface area contributed by atoms with Gasteiger partial charge in [0.25, 0.3) is 0 Å². The minimum atomic E-state index is 0.877. The molecule has 0 aliphatic rings. The molecule has 2 heteroatoms. The fourth-order valence-electron chi connectivity index (χ4n) is 0.172. The van der Waals surface area contributed by atoms with Crippen molar-refractivity contribution in [2.75, 3.05) is 0 Å². The molecule has 0 bridgehead atoms. The average molecular weight is 99.1 g/mol. The van der Waals surface area contributed by atoms with Gasteiger partial charge < -0.3 is 4.74 Å². The topological polar surface area (TPSA) is 26.3 Å². The summed E-state index contributed by atoms with van der Waals surface area (Å²) in [5.41, 5.74) is 0. The lowest BCUT2D eigenvalue weighted by atomic mass is 10.5. The Kier molecular flexibility index (Phi) is 4.62. The minimum Gasteiger partial charge on any atom is -0.426 e. The Morgan fingerprint density at radius 2 is 2.57 bits per heavy atom. The highest BCUT2D eigenvalue weighted by Gasteiger charge is 1.66. The molecule has 0 atom stereocenters. The molecule has 2 nitrogen and oxygen atoms in total. The van der Waals surface area contributed by atoms with Gasteiger partial charge in [0, 0.05) is 0 Å². The minimum absolute atomic E-state index is 0.877. The predicted octanol–water partition coefficient (Wildman–Crippen LogP) is 0.994. The number of allylic oxidation sites excluding steroid dienone is 1. The lowest BCUT2D eigenvalue weighted by molar-refractivity contribution is 0.397. The second kappa shape index (κ2) is 5.21. The van der Waals surface area contributed by atoms with E-state index in [2.05, 4.69) is 4.74 Å². The van der Waals surface area contributed by atoms with Crippen molar-refractivity contribution in [3.05, 3.63) is 12.3 Å². The molecular formula is C5H7O2. The van der Waals surface area contributed by atoms with Crippen LogP contribution in [0.5, 0.6) is 0 Å². The highest BCUT2D eigenvalue weighted by Crippen LogP contribution is 1.77. The molecule has 0 unspecified atom stereocenters. The van der Waals surface area contributed by atoms with Crippen LogP contribution in [0.1, 0.15) is 13.3 Å². The molecule has 0 aromatic rings. The van der Waals surface area contributed by atoms with Gasteiger partial charge in [-0.25, -0.2) is 4.79 Å². The summed E-state index contributed by atoms with van der Waals surface area (Å²) in [5.74, 6) is 0. The van der Waals surface area contributed by atoms with Gasteiger partial charge in [-0.05, 0) is 12.5 Å². The Bertz CT molecular complexity index is 66.5. The number of rotatable bonds is 3. The monoisotopic (exact) mass is 99.0 g/mol. The van der Waals surface area contributed by atoms with Crippen LogP contribution in [-0.4, -0.2) is 6.47 Å². The Balaban J connectivity index is 2.92. The average Bonchev–Trinajstić information content (AvgIpc) is 1.69. The lowest BCUT2D eigenvalue weighted by Crippen LogP contribution is -1.70. The SMILES string of the molecule is CCC=CO[C]=O. The first-order chi connectivity index (χ1) is 3.41. The summed E-state index contributed by atoms with van der Waals surface area (Å²) in [7, 11) is 0. The molecule has 0 rings (SSSR count). The summed E-state index contributed by atoms with van der Waals surface area (Å²) in [4.78, 5) is 9.28. The molecule has 0 amide bonds. The summed E-state index contributed by atoms with van der Waals surface area (Å²) in [5, 5.41) is 0. The van der Waals surface area contributed by atoms with Gasteiger partial charge in [-0.1, -0.05) is 6.92 Å². The lowest BCUT2D eigenvalue weighted by Gasteiger charge is -1.76. The number of carbonyl (C=O) groups excluding carboxylic acids is 1. The predicted molar refractivity (Wildman–Crippen MR) is 26.2 cm³/mol. The van der Waals surface area contributed by atoms with Crippen LogP contribution in [0.15, 0.2) is 12.3 Å². The van der Waals surface area contributed by atoms with E-state index in [1.165, 1.54) is 12.7 Å². The van der Waals surface area contributed by atoms with Gasteiger partial charge in [-0.2, -0.15) is 0 Å². The van der Waals surface area contributed by atoms with Crippen molar-refractivity contribution in [3.8, 4) is 0 Å². The fourth-order valence-corrected chi connectivity index (χ4v) is 0.172. The zero-order valence-electron chi connectivity index (χ0n) is 4.18. The van der Waals surface area contributed by atoms with Crippen LogP contribution in [0, 0.1) is 0 Å². The summed E-state index contributed by atoms with van der Waals surface area (Å²) in [6, 6.07) is 0. The van der Waals surface area contributed by atoms with Crippen LogP contribution in [0.3, 0.4) is 0 Å². The van der Waals surface area contributed by atoms with E-state index in [9.17, 15) is 4.79 Å². The van der Waals surface area contributed by atoms with Crippen LogP contribution in [0.2, 0.25) is 0 Å². The molecule has 39 valence electrons. The number of hydrogen-bond donors (Lipinski definition) is 0. The fraction of sp³-hybridized carbons (Fsp3) is 0.400. The normalized spacial score (nSPS) is 9.29. The van der Waals surface area contributed by atoms with Crippen molar-refractivity contribution in [1.29, 1.82) is 0 Å². The van der Waals surface area contributed by atoms with Crippen LogP contribution >= 0.6 is 0 Å². The summed E-state index contributed by atoms with van der Waals surface area (Å²) < 4.78 is 4.09. The Labute approximate surface area is 42.8 Å². The van der Waals surface area contributed by atoms with E-state index in [0.717, 1.165) is 6.42 Å². The van der Waals surface area contributed by atoms with E-state index in [1.54, 1.807) is 6.08 Å². The van der Waals surface area contributed by atoms with Gasteiger partial charge in [0.2, 0.25) is 0 Å². The Morgan fingerprint density at radius 3 is 3.00 bits per heavy atom. The molecule has 0 aromatic heterocycles. The second-order valence-electron chi connectivity index (χ2n) is 0.981. The van der Waals surface area contributed by atoms with E-state index in [1.807, 2.05) is 6.92 Å². The van der Waals surface area contributed by atoms with Crippen LogP contribution in [-0.2, 0) is 9.53 Å². The standard InChI is InChI=1S/C5H7O2/c1-2-3-4-7-5-6/h3-4H,2H2,1H3. The zero-order chi connectivity index (χ0) is 5.54. The van der Waals surface area contributed by atoms with Crippen molar-refractivity contribution in [2.45, 2.75) is 13.3 Å². The number of hydrogen-bond acceptors (Lipinski definition) is 2. The van der Waals surface area contributed by atoms with E-state index in [0.29, 0.717) is 0 Å². The third-order valence-corrected chi connectivity index (χ3v) is 0.448. The first kappa shape index (κ1) is 6.21. The van der Waals surface area contributed by atoms with Crippen LogP contribution < -0.4 is 0 Å². The van der Waals surface area contributed by atoms with Crippen molar-refractivity contribution in [2.24, 2.45) is 0 Å². The van der Waals surface area contributed by atoms with Crippen LogP contribution in [0.4, 0.5) is 0 Å².